The third kappa shape index (κ3) is 2.55. The van der Waals surface area contributed by atoms with Crippen LogP contribution in [-0.2, 0) is 4.74 Å². The van der Waals surface area contributed by atoms with Crippen molar-refractivity contribution in [2.45, 2.75) is 0 Å². The Labute approximate surface area is 98.9 Å². The zero-order valence-corrected chi connectivity index (χ0v) is 9.61. The number of hydrogen-bond acceptors (Lipinski definition) is 3. The van der Waals surface area contributed by atoms with Crippen molar-refractivity contribution in [3.8, 4) is 5.75 Å². The molecule has 0 bridgehead atoms. The van der Waals surface area contributed by atoms with Crippen LogP contribution in [0.3, 0.4) is 0 Å². The summed E-state index contributed by atoms with van der Waals surface area (Å²) in [4.78, 5) is 13.8. The average molecular weight is 239 g/mol. The molecule has 0 N–H and O–H groups in total. The van der Waals surface area contributed by atoms with Crippen LogP contribution in [0.2, 0.25) is 0 Å². The Kier molecular flexibility index (Phi) is 3.58. The molecule has 2 rings (SSSR count). The Hall–Kier alpha value is -1.62. The van der Waals surface area contributed by atoms with Crippen LogP contribution in [0, 0.1) is 5.82 Å². The normalized spacial score (nSPS) is 15.8. The number of methoxy groups -OCH3 is 1. The fourth-order valence-electron chi connectivity index (χ4n) is 1.78. The Morgan fingerprint density at radius 3 is 2.76 bits per heavy atom. The third-order valence-corrected chi connectivity index (χ3v) is 2.69. The molecule has 0 aromatic heterocycles. The largest absolute Gasteiger partial charge is 0.496 e. The minimum absolute atomic E-state index is 0.218. The summed E-state index contributed by atoms with van der Waals surface area (Å²) in [6.45, 7) is 2.09. The van der Waals surface area contributed by atoms with E-state index in [9.17, 15) is 9.18 Å². The molecule has 0 spiro atoms. The van der Waals surface area contributed by atoms with Gasteiger partial charge in [-0.2, -0.15) is 0 Å². The van der Waals surface area contributed by atoms with Crippen molar-refractivity contribution in [2.24, 2.45) is 0 Å². The van der Waals surface area contributed by atoms with E-state index in [2.05, 4.69) is 0 Å². The van der Waals surface area contributed by atoms with Crippen LogP contribution >= 0.6 is 0 Å². The van der Waals surface area contributed by atoms with Gasteiger partial charge in [-0.15, -0.1) is 0 Å². The predicted molar refractivity (Wildman–Crippen MR) is 59.7 cm³/mol. The van der Waals surface area contributed by atoms with Crippen molar-refractivity contribution in [1.82, 2.24) is 4.90 Å². The molecule has 17 heavy (non-hydrogen) atoms. The van der Waals surface area contributed by atoms with Gasteiger partial charge in [-0.05, 0) is 18.2 Å². The number of carbonyl (C=O) groups is 1. The van der Waals surface area contributed by atoms with E-state index in [-0.39, 0.29) is 11.5 Å². The number of carbonyl (C=O) groups excluding carboxylic acids is 1. The Balaban J connectivity index is 2.25. The molecule has 1 fully saturated rings. The number of hydrogen-bond donors (Lipinski definition) is 0. The molecule has 0 unspecified atom stereocenters. The Morgan fingerprint density at radius 2 is 2.12 bits per heavy atom. The maximum absolute atomic E-state index is 13.2. The highest BCUT2D eigenvalue weighted by Gasteiger charge is 2.21. The fraction of sp³-hybridized carbons (Fsp3) is 0.417. The van der Waals surface area contributed by atoms with E-state index in [1.807, 2.05) is 0 Å². The van der Waals surface area contributed by atoms with Gasteiger partial charge in [0.2, 0.25) is 0 Å². The molecule has 1 heterocycles. The SMILES string of the molecule is COc1ccc(F)cc1C(=O)N1CCOCC1. The zero-order valence-electron chi connectivity index (χ0n) is 9.61. The summed E-state index contributed by atoms with van der Waals surface area (Å²) in [5, 5.41) is 0. The number of amides is 1. The molecule has 0 aliphatic carbocycles. The number of benzene rings is 1. The highest BCUT2D eigenvalue weighted by atomic mass is 19.1. The number of nitrogens with zero attached hydrogens (tertiary/aromatic N) is 1. The maximum atomic E-state index is 13.2. The minimum Gasteiger partial charge on any atom is -0.496 e. The summed E-state index contributed by atoms with van der Waals surface area (Å²) in [7, 11) is 1.46. The molecular weight excluding hydrogens is 225 g/mol. The number of rotatable bonds is 2. The summed E-state index contributed by atoms with van der Waals surface area (Å²) >= 11 is 0. The quantitative estimate of drug-likeness (QED) is 0.781. The van der Waals surface area contributed by atoms with Gasteiger partial charge < -0.3 is 14.4 Å². The third-order valence-electron chi connectivity index (χ3n) is 2.69. The summed E-state index contributed by atoms with van der Waals surface area (Å²) in [6, 6.07) is 3.94. The van der Waals surface area contributed by atoms with E-state index >= 15 is 0 Å². The molecule has 1 aliphatic rings. The second kappa shape index (κ2) is 5.14. The van der Waals surface area contributed by atoms with Gasteiger partial charge in [0.1, 0.15) is 11.6 Å². The number of halogens is 1. The van der Waals surface area contributed by atoms with Crippen molar-refractivity contribution in [2.75, 3.05) is 33.4 Å². The molecule has 1 amide bonds. The van der Waals surface area contributed by atoms with Crippen LogP contribution in [-0.4, -0.2) is 44.2 Å². The van der Waals surface area contributed by atoms with E-state index in [0.717, 1.165) is 0 Å². The van der Waals surface area contributed by atoms with Crippen LogP contribution in [0.4, 0.5) is 4.39 Å². The van der Waals surface area contributed by atoms with Gasteiger partial charge in [0.05, 0.1) is 25.9 Å². The first-order valence-electron chi connectivity index (χ1n) is 5.43. The molecular formula is C12H14FNO3. The Bertz CT molecular complexity index is 416. The highest BCUT2D eigenvalue weighted by Crippen LogP contribution is 2.21. The van der Waals surface area contributed by atoms with E-state index in [1.165, 1.54) is 25.3 Å². The predicted octanol–water partition coefficient (Wildman–Crippen LogP) is 1.31. The topological polar surface area (TPSA) is 38.8 Å². The molecule has 1 saturated heterocycles. The number of morpholine rings is 1. The molecule has 1 aromatic carbocycles. The van der Waals surface area contributed by atoms with Crippen LogP contribution in [0.5, 0.6) is 5.75 Å². The standard InChI is InChI=1S/C12H14FNO3/c1-16-11-3-2-9(13)8-10(11)12(15)14-4-6-17-7-5-14/h2-3,8H,4-7H2,1H3. The molecule has 1 aromatic rings. The smallest absolute Gasteiger partial charge is 0.257 e. The molecule has 5 heteroatoms. The second-order valence-electron chi connectivity index (χ2n) is 3.75. The summed E-state index contributed by atoms with van der Waals surface area (Å²) < 4.78 is 23.4. The first-order valence-corrected chi connectivity index (χ1v) is 5.43. The molecule has 0 saturated carbocycles. The molecule has 0 atom stereocenters. The summed E-state index contributed by atoms with van der Waals surface area (Å²) in [5.74, 6) is -0.269. The van der Waals surface area contributed by atoms with Gasteiger partial charge in [0.15, 0.2) is 0 Å². The lowest BCUT2D eigenvalue weighted by molar-refractivity contribution is 0.0300. The lowest BCUT2D eigenvalue weighted by Crippen LogP contribution is -2.40. The minimum atomic E-state index is -0.442. The van der Waals surface area contributed by atoms with Crippen molar-refractivity contribution >= 4 is 5.91 Å². The van der Waals surface area contributed by atoms with E-state index in [0.29, 0.717) is 32.1 Å². The van der Waals surface area contributed by atoms with Gasteiger partial charge in [-0.3, -0.25) is 4.79 Å². The zero-order chi connectivity index (χ0) is 12.3. The maximum Gasteiger partial charge on any atom is 0.257 e. The monoisotopic (exact) mass is 239 g/mol. The van der Waals surface area contributed by atoms with Crippen molar-refractivity contribution in [3.05, 3.63) is 29.6 Å². The highest BCUT2D eigenvalue weighted by molar-refractivity contribution is 5.97. The summed E-state index contributed by atoms with van der Waals surface area (Å²) in [5.41, 5.74) is 0.259. The van der Waals surface area contributed by atoms with Gasteiger partial charge in [-0.1, -0.05) is 0 Å². The lowest BCUT2D eigenvalue weighted by Gasteiger charge is -2.27. The van der Waals surface area contributed by atoms with Crippen LogP contribution in [0.1, 0.15) is 10.4 Å². The van der Waals surface area contributed by atoms with Gasteiger partial charge >= 0.3 is 0 Å². The van der Waals surface area contributed by atoms with Crippen molar-refractivity contribution in [3.63, 3.8) is 0 Å². The van der Waals surface area contributed by atoms with Crippen LogP contribution < -0.4 is 4.74 Å². The Morgan fingerprint density at radius 1 is 1.41 bits per heavy atom. The first kappa shape index (κ1) is 11.9. The molecule has 92 valence electrons. The van der Waals surface area contributed by atoms with Crippen molar-refractivity contribution in [1.29, 1.82) is 0 Å². The average Bonchev–Trinajstić information content (AvgIpc) is 2.39. The van der Waals surface area contributed by atoms with Crippen molar-refractivity contribution < 1.29 is 18.7 Å². The first-order chi connectivity index (χ1) is 8.22. The van der Waals surface area contributed by atoms with Gasteiger partial charge in [0.25, 0.3) is 5.91 Å². The van der Waals surface area contributed by atoms with E-state index in [4.69, 9.17) is 9.47 Å². The second-order valence-corrected chi connectivity index (χ2v) is 3.75. The van der Waals surface area contributed by atoms with Crippen LogP contribution in [0.15, 0.2) is 18.2 Å². The van der Waals surface area contributed by atoms with E-state index in [1.54, 1.807) is 4.90 Å². The molecule has 1 aliphatic heterocycles. The summed E-state index contributed by atoms with van der Waals surface area (Å²) in [6.07, 6.45) is 0. The van der Waals surface area contributed by atoms with Crippen LogP contribution in [0.25, 0.3) is 0 Å². The molecule has 0 radical (unpaired) electrons. The number of ether oxygens (including phenoxy) is 2. The lowest BCUT2D eigenvalue weighted by atomic mass is 10.1. The van der Waals surface area contributed by atoms with Gasteiger partial charge in [0, 0.05) is 13.1 Å². The van der Waals surface area contributed by atoms with E-state index < -0.39 is 5.82 Å². The fourth-order valence-corrected chi connectivity index (χ4v) is 1.78. The van der Waals surface area contributed by atoms with Gasteiger partial charge in [-0.25, -0.2) is 4.39 Å². The molecule has 4 nitrogen and oxygen atoms in total.